The van der Waals surface area contributed by atoms with Gasteiger partial charge in [0.05, 0.1) is 28.3 Å². The van der Waals surface area contributed by atoms with Gasteiger partial charge in [0.1, 0.15) is 5.82 Å². The van der Waals surface area contributed by atoms with Gasteiger partial charge in [0.25, 0.3) is 0 Å². The molecular formula is C33H22F3N5. The fourth-order valence-electron chi connectivity index (χ4n) is 6.28. The predicted molar refractivity (Wildman–Crippen MR) is 154 cm³/mol. The molecule has 6 aromatic rings. The van der Waals surface area contributed by atoms with Gasteiger partial charge in [-0.05, 0) is 60.2 Å². The van der Waals surface area contributed by atoms with Crippen LogP contribution in [-0.4, -0.2) is 25.4 Å². The molecule has 2 unspecified atom stereocenters. The number of para-hydroxylation sites is 2. The van der Waals surface area contributed by atoms with Crippen LogP contribution in [0.5, 0.6) is 0 Å². The fourth-order valence-corrected chi connectivity index (χ4v) is 6.28. The molecule has 4 heterocycles. The number of alkyl halides is 3. The molecule has 1 aliphatic carbocycles. The van der Waals surface area contributed by atoms with E-state index in [0.29, 0.717) is 0 Å². The molecule has 0 spiro atoms. The second-order valence-corrected chi connectivity index (χ2v) is 10.3. The van der Waals surface area contributed by atoms with E-state index in [1.54, 1.807) is 6.20 Å². The first-order valence-corrected chi connectivity index (χ1v) is 13.3. The Hall–Kier alpha value is -5.11. The predicted octanol–water partition coefficient (Wildman–Crippen LogP) is 8.11. The maximum Gasteiger partial charge on any atom is 0.416 e. The third kappa shape index (κ3) is 3.64. The molecule has 2 aliphatic rings. The van der Waals surface area contributed by atoms with E-state index in [1.165, 1.54) is 11.8 Å². The number of fused-ring (bicyclic) bond motifs is 6. The van der Waals surface area contributed by atoms with Crippen LogP contribution in [0.2, 0.25) is 0 Å². The lowest BCUT2D eigenvalue weighted by Gasteiger charge is -2.30. The molecule has 0 bridgehead atoms. The molecule has 0 saturated carbocycles. The van der Waals surface area contributed by atoms with Crippen LogP contribution in [0, 0.1) is 0 Å². The van der Waals surface area contributed by atoms with Gasteiger partial charge in [0, 0.05) is 46.7 Å². The standard InChI is InChI=1S/C33H22F3N5/c34-33(35,36)21-14-16-37-32(18-21)41-29-9-4-2-7-25(29)27-13-11-23(20-31(27)41)40-28-8-3-1-6-24(28)26-12-10-22(19-30(26)40)39-17-5-15-38-39/h1-20,26,30H. The van der Waals surface area contributed by atoms with Crippen LogP contribution in [0.25, 0.3) is 33.3 Å². The lowest BCUT2D eigenvalue weighted by molar-refractivity contribution is -0.137. The van der Waals surface area contributed by atoms with E-state index in [-0.39, 0.29) is 17.8 Å². The molecule has 3 aromatic carbocycles. The average Bonchev–Trinajstić information content (AvgIpc) is 3.71. The molecule has 0 saturated heterocycles. The highest BCUT2D eigenvalue weighted by molar-refractivity contribution is 6.10. The number of benzene rings is 3. The number of anilines is 2. The van der Waals surface area contributed by atoms with Crippen LogP contribution >= 0.6 is 0 Å². The third-order valence-electron chi connectivity index (χ3n) is 8.04. The molecule has 0 N–H and O–H groups in total. The normalized spacial score (nSPS) is 18.1. The van der Waals surface area contributed by atoms with E-state index in [1.807, 2.05) is 51.8 Å². The molecule has 0 amide bonds. The van der Waals surface area contributed by atoms with Crippen molar-refractivity contribution in [3.05, 3.63) is 133 Å². The Kier molecular flexibility index (Phi) is 5.04. The molecule has 0 radical (unpaired) electrons. The molecule has 3 aromatic heterocycles. The number of rotatable bonds is 3. The zero-order valence-electron chi connectivity index (χ0n) is 21.6. The lowest BCUT2D eigenvalue weighted by Crippen LogP contribution is -2.29. The van der Waals surface area contributed by atoms with Crippen molar-refractivity contribution < 1.29 is 13.2 Å². The minimum absolute atomic E-state index is 0.00133. The van der Waals surface area contributed by atoms with E-state index in [9.17, 15) is 13.2 Å². The van der Waals surface area contributed by atoms with Gasteiger partial charge in [-0.1, -0.05) is 48.5 Å². The zero-order valence-corrected chi connectivity index (χ0v) is 21.6. The summed E-state index contributed by atoms with van der Waals surface area (Å²) >= 11 is 0. The highest BCUT2D eigenvalue weighted by Crippen LogP contribution is 2.49. The van der Waals surface area contributed by atoms with Gasteiger partial charge in [-0.15, -0.1) is 0 Å². The minimum atomic E-state index is -4.47. The van der Waals surface area contributed by atoms with Crippen molar-refractivity contribution in [2.45, 2.75) is 18.1 Å². The summed E-state index contributed by atoms with van der Waals surface area (Å²) < 4.78 is 44.7. The smallest absolute Gasteiger partial charge is 0.333 e. The molecule has 41 heavy (non-hydrogen) atoms. The summed E-state index contributed by atoms with van der Waals surface area (Å²) in [5.41, 5.74) is 5.11. The largest absolute Gasteiger partial charge is 0.416 e. The Balaban J connectivity index is 1.35. The van der Waals surface area contributed by atoms with Gasteiger partial charge < -0.3 is 4.90 Å². The first kappa shape index (κ1) is 23.7. The number of hydrogen-bond acceptors (Lipinski definition) is 3. The highest BCUT2D eigenvalue weighted by atomic mass is 19.4. The van der Waals surface area contributed by atoms with Crippen molar-refractivity contribution in [1.82, 2.24) is 19.3 Å². The van der Waals surface area contributed by atoms with Crippen molar-refractivity contribution >= 4 is 38.9 Å². The Morgan fingerprint density at radius 3 is 2.46 bits per heavy atom. The topological polar surface area (TPSA) is 38.9 Å². The highest BCUT2D eigenvalue weighted by Gasteiger charge is 2.38. The number of pyridine rings is 1. The van der Waals surface area contributed by atoms with Crippen molar-refractivity contribution in [3.63, 3.8) is 0 Å². The van der Waals surface area contributed by atoms with E-state index in [0.717, 1.165) is 51.0 Å². The van der Waals surface area contributed by atoms with Gasteiger partial charge in [-0.25, -0.2) is 9.67 Å². The second kappa shape index (κ2) is 8.69. The molecule has 200 valence electrons. The molecule has 8 heteroatoms. The van der Waals surface area contributed by atoms with Gasteiger partial charge in [0.2, 0.25) is 0 Å². The Labute approximate surface area is 233 Å². The first-order chi connectivity index (χ1) is 20.0. The van der Waals surface area contributed by atoms with Gasteiger partial charge in [0.15, 0.2) is 0 Å². The molecule has 1 aliphatic heterocycles. The molecule has 0 fully saturated rings. The van der Waals surface area contributed by atoms with Gasteiger partial charge >= 0.3 is 6.18 Å². The Morgan fingerprint density at radius 1 is 0.780 bits per heavy atom. The van der Waals surface area contributed by atoms with E-state index in [4.69, 9.17) is 0 Å². The van der Waals surface area contributed by atoms with Crippen LogP contribution in [0.3, 0.4) is 0 Å². The minimum Gasteiger partial charge on any atom is -0.333 e. The monoisotopic (exact) mass is 545 g/mol. The second-order valence-electron chi connectivity index (χ2n) is 10.3. The molecule has 8 rings (SSSR count). The molecule has 5 nitrogen and oxygen atoms in total. The van der Waals surface area contributed by atoms with Crippen LogP contribution in [0.4, 0.5) is 24.5 Å². The first-order valence-electron chi connectivity index (χ1n) is 13.3. The van der Waals surface area contributed by atoms with Crippen LogP contribution < -0.4 is 4.90 Å². The summed E-state index contributed by atoms with van der Waals surface area (Å²) in [6.45, 7) is 0. The summed E-state index contributed by atoms with van der Waals surface area (Å²) in [5, 5.41) is 6.33. The Morgan fingerprint density at radius 2 is 1.61 bits per heavy atom. The van der Waals surface area contributed by atoms with E-state index in [2.05, 4.69) is 69.6 Å². The number of hydrogen-bond donors (Lipinski definition) is 0. The molecular weight excluding hydrogens is 523 g/mol. The Bertz CT molecular complexity index is 2020. The maximum atomic E-state index is 13.7. The number of nitrogens with zero attached hydrogens (tertiary/aromatic N) is 5. The van der Waals surface area contributed by atoms with E-state index >= 15 is 0 Å². The van der Waals surface area contributed by atoms with Crippen molar-refractivity contribution in [3.8, 4) is 5.82 Å². The SMILES string of the molecule is FC(F)(F)c1ccnc(-n2c3ccccc3c3ccc(N4c5ccccc5C5C=CC(n6cccn6)=CC54)cc32)c1. The lowest BCUT2D eigenvalue weighted by atomic mass is 9.90. The maximum absolute atomic E-state index is 13.7. The van der Waals surface area contributed by atoms with Crippen molar-refractivity contribution in [2.75, 3.05) is 4.90 Å². The van der Waals surface area contributed by atoms with Gasteiger partial charge in [-0.2, -0.15) is 18.3 Å². The van der Waals surface area contributed by atoms with E-state index < -0.39 is 11.7 Å². The summed E-state index contributed by atoms with van der Waals surface area (Å²) in [6, 6.07) is 26.4. The summed E-state index contributed by atoms with van der Waals surface area (Å²) in [6.07, 6.45) is 7.00. The summed E-state index contributed by atoms with van der Waals surface area (Å²) in [4.78, 5) is 6.70. The summed E-state index contributed by atoms with van der Waals surface area (Å²) in [5.74, 6) is 0.376. The quantitative estimate of drug-likeness (QED) is 0.226. The number of aromatic nitrogens is 4. The average molecular weight is 546 g/mol. The zero-order chi connectivity index (χ0) is 27.7. The van der Waals surface area contributed by atoms with Crippen molar-refractivity contribution in [1.29, 1.82) is 0 Å². The van der Waals surface area contributed by atoms with Gasteiger partial charge in [-0.3, -0.25) is 4.57 Å². The fraction of sp³-hybridized carbons (Fsp3) is 0.0909. The third-order valence-corrected chi connectivity index (χ3v) is 8.04. The van der Waals surface area contributed by atoms with Crippen LogP contribution in [0.15, 0.2) is 122 Å². The van der Waals surface area contributed by atoms with Crippen molar-refractivity contribution in [2.24, 2.45) is 0 Å². The summed E-state index contributed by atoms with van der Waals surface area (Å²) in [7, 11) is 0. The molecule has 2 atom stereocenters. The number of halogens is 3. The van der Waals surface area contributed by atoms with Crippen LogP contribution in [0.1, 0.15) is 17.0 Å². The van der Waals surface area contributed by atoms with Crippen LogP contribution in [-0.2, 0) is 6.18 Å². The number of allylic oxidation sites excluding steroid dienone is 2.